The van der Waals surface area contributed by atoms with E-state index < -0.39 is 0 Å². The first-order valence-corrected chi connectivity index (χ1v) is 10.8. The van der Waals surface area contributed by atoms with Crippen molar-refractivity contribution in [2.75, 3.05) is 6.61 Å². The molecule has 13 heavy (non-hydrogen) atoms. The second-order valence-corrected chi connectivity index (χ2v) is 2.20. The summed E-state index contributed by atoms with van der Waals surface area (Å²) in [6, 6.07) is 7.11. The van der Waals surface area contributed by atoms with Crippen molar-refractivity contribution in [2.24, 2.45) is 0 Å². The van der Waals surface area contributed by atoms with Gasteiger partial charge in [-0.2, -0.15) is 12.1 Å². The van der Waals surface area contributed by atoms with Crippen molar-refractivity contribution >= 4 is 13.6 Å². The van der Waals surface area contributed by atoms with Crippen LogP contribution in [0.4, 0.5) is 4.39 Å². The van der Waals surface area contributed by atoms with E-state index in [-0.39, 0.29) is 11.6 Å². The Labute approximate surface area is 94.7 Å². The minimum atomic E-state index is -0.322. The number of hydrogen-bond donors (Lipinski definition) is 0. The molecule has 1 aromatic rings. The number of rotatable bonds is 3. The van der Waals surface area contributed by atoms with Crippen LogP contribution in [-0.4, -0.2) is 6.61 Å². The van der Waals surface area contributed by atoms with Gasteiger partial charge in [-0.3, -0.25) is 0 Å². The van der Waals surface area contributed by atoms with Crippen LogP contribution >= 0.6 is 13.6 Å². The molecule has 1 rings (SSSR count). The van der Waals surface area contributed by atoms with Gasteiger partial charge >= 0.3 is 30.0 Å². The molecular weight excluding hydrogens is 288 g/mol. The van der Waals surface area contributed by atoms with Crippen LogP contribution in [0.2, 0.25) is 0 Å². The predicted octanol–water partition coefficient (Wildman–Crippen LogP) is 3.26. The molecule has 68 valence electrons. The van der Waals surface area contributed by atoms with E-state index in [0.29, 0.717) is 6.61 Å². The fourth-order valence-electron chi connectivity index (χ4n) is 0.719. The molecule has 1 aromatic carbocycles. The second-order valence-electron chi connectivity index (χ2n) is 2.20. The number of halogens is 2. The van der Waals surface area contributed by atoms with E-state index in [4.69, 9.17) is 4.74 Å². The Hall–Kier alpha value is 0.0534. The molecule has 4 heteroatoms. The van der Waals surface area contributed by atoms with Gasteiger partial charge in [0.05, 0.1) is 12.4 Å². The van der Waals surface area contributed by atoms with Gasteiger partial charge in [-0.05, 0) is 6.42 Å². The molecule has 0 aliphatic rings. The van der Waals surface area contributed by atoms with E-state index in [2.05, 4.69) is 19.7 Å². The van der Waals surface area contributed by atoms with Crippen LogP contribution in [0.1, 0.15) is 13.3 Å². The zero-order valence-corrected chi connectivity index (χ0v) is 12.1. The molecule has 0 atom stereocenters. The van der Waals surface area contributed by atoms with Crippen molar-refractivity contribution in [1.29, 1.82) is 0 Å². The van der Waals surface area contributed by atoms with Gasteiger partial charge in [-0.25, -0.2) is 4.39 Å². The summed E-state index contributed by atoms with van der Waals surface area (Å²) in [5.74, 6) is -0.0356. The Kier molecular flexibility index (Phi) is 8.68. The van der Waals surface area contributed by atoms with Crippen LogP contribution in [0.5, 0.6) is 5.75 Å². The Balaban J connectivity index is 0.000000671. The topological polar surface area (TPSA) is 9.23 Å². The molecule has 0 fully saturated rings. The summed E-state index contributed by atoms with van der Waals surface area (Å²) >= 11 is 4.25. The molecule has 0 amide bonds. The minimum absolute atomic E-state index is 0.286. The van der Waals surface area contributed by atoms with Crippen LogP contribution in [0.25, 0.3) is 0 Å². The van der Waals surface area contributed by atoms with Gasteiger partial charge in [0.15, 0.2) is 0 Å². The molecular formula is C9H10BrFOZn. The Morgan fingerprint density at radius 2 is 2.31 bits per heavy atom. The van der Waals surface area contributed by atoms with Crippen LogP contribution in [0.15, 0.2) is 18.2 Å². The fraction of sp³-hybridized carbons (Fsp3) is 0.333. The zero-order chi connectivity index (χ0) is 10.1. The van der Waals surface area contributed by atoms with Crippen LogP contribution in [0, 0.1) is 11.9 Å². The second kappa shape index (κ2) is 8.64. The molecule has 0 unspecified atom stereocenters. The summed E-state index contributed by atoms with van der Waals surface area (Å²) in [4.78, 5) is 0. The number of benzene rings is 1. The third kappa shape index (κ3) is 5.38. The van der Waals surface area contributed by atoms with Crippen molar-refractivity contribution in [3.8, 4) is 5.75 Å². The molecule has 0 heterocycles. The Morgan fingerprint density at radius 3 is 2.85 bits per heavy atom. The quantitative estimate of drug-likeness (QED) is 0.615. The van der Waals surface area contributed by atoms with Crippen LogP contribution in [0.3, 0.4) is 0 Å². The Morgan fingerprint density at radius 1 is 1.62 bits per heavy atom. The van der Waals surface area contributed by atoms with E-state index in [0.717, 1.165) is 6.42 Å². The first-order chi connectivity index (χ1) is 6.34. The summed E-state index contributed by atoms with van der Waals surface area (Å²) in [6.45, 7) is 2.53. The van der Waals surface area contributed by atoms with Crippen molar-refractivity contribution in [2.45, 2.75) is 13.3 Å². The molecule has 0 aromatic heterocycles. The first-order valence-electron chi connectivity index (χ1n) is 3.89. The monoisotopic (exact) mass is 296 g/mol. The van der Waals surface area contributed by atoms with Crippen molar-refractivity contribution < 1.29 is 25.5 Å². The van der Waals surface area contributed by atoms with Crippen molar-refractivity contribution in [3.63, 3.8) is 0 Å². The standard InChI is InChI=1S/C9H10FO.BrH.Zn/c1-2-7-11-9-6-4-3-5-8(9)10;;/h3,5-6H,2,7H2,1H3;1H;/q-1;;+2/p-1. The molecule has 0 aliphatic carbocycles. The van der Waals surface area contributed by atoms with Crippen LogP contribution < -0.4 is 4.74 Å². The van der Waals surface area contributed by atoms with Gasteiger partial charge in [0.1, 0.15) is 0 Å². The third-order valence-corrected chi connectivity index (χ3v) is 1.24. The van der Waals surface area contributed by atoms with Gasteiger partial charge in [0, 0.05) is 5.75 Å². The van der Waals surface area contributed by atoms with E-state index in [9.17, 15) is 4.39 Å². The molecule has 1 nitrogen and oxygen atoms in total. The number of ether oxygens (including phenoxy) is 1. The van der Waals surface area contributed by atoms with Gasteiger partial charge in [-0.15, -0.1) is 12.1 Å². The van der Waals surface area contributed by atoms with E-state index in [1.54, 1.807) is 0 Å². The zero-order valence-electron chi connectivity index (χ0n) is 7.52. The fourth-order valence-corrected chi connectivity index (χ4v) is 0.719. The van der Waals surface area contributed by atoms with E-state index >= 15 is 0 Å². The predicted molar refractivity (Wildman–Crippen MR) is 49.9 cm³/mol. The SMILES string of the molecule is CCCOc1c[c-]ccc1F.[Zn+][Br]. The normalized spacial score (nSPS) is 8.69. The van der Waals surface area contributed by atoms with Crippen molar-refractivity contribution in [1.82, 2.24) is 0 Å². The summed E-state index contributed by atoms with van der Waals surface area (Å²) in [5.41, 5.74) is 0. The molecule has 0 N–H and O–H groups in total. The molecule has 0 radical (unpaired) electrons. The molecule has 0 bridgehead atoms. The third-order valence-electron chi connectivity index (χ3n) is 1.24. The average molecular weight is 298 g/mol. The van der Waals surface area contributed by atoms with Gasteiger partial charge in [0.2, 0.25) is 0 Å². The summed E-state index contributed by atoms with van der Waals surface area (Å²) in [6.07, 6.45) is 0.883. The van der Waals surface area contributed by atoms with Crippen LogP contribution in [-0.2, 0) is 16.3 Å². The van der Waals surface area contributed by atoms with Gasteiger partial charge in [0.25, 0.3) is 0 Å². The molecule has 0 aliphatic heterocycles. The maximum absolute atomic E-state index is 12.8. The van der Waals surface area contributed by atoms with Gasteiger partial charge in [-0.1, -0.05) is 6.92 Å². The molecule has 0 saturated heterocycles. The Bertz CT molecular complexity index is 233. The van der Waals surface area contributed by atoms with E-state index in [1.807, 2.05) is 6.92 Å². The molecule has 0 saturated carbocycles. The van der Waals surface area contributed by atoms with Gasteiger partial charge < -0.3 is 4.74 Å². The summed E-state index contributed by atoms with van der Waals surface area (Å²) in [5, 5.41) is 0. The first kappa shape index (κ1) is 13.1. The molecule has 0 spiro atoms. The summed E-state index contributed by atoms with van der Waals surface area (Å²) < 4.78 is 17.8. The maximum atomic E-state index is 12.8. The van der Waals surface area contributed by atoms with E-state index in [1.165, 1.54) is 34.5 Å². The number of hydrogen-bond acceptors (Lipinski definition) is 1. The average Bonchev–Trinajstić information content (AvgIpc) is 2.20. The summed E-state index contributed by atoms with van der Waals surface area (Å²) in [7, 11) is 0. The van der Waals surface area contributed by atoms with Crippen molar-refractivity contribution in [3.05, 3.63) is 30.1 Å².